The number of hydrogen-bond donors (Lipinski definition) is 0. The molecule has 6 heteroatoms. The molecule has 0 unspecified atom stereocenters. The Morgan fingerprint density at radius 1 is 1.07 bits per heavy atom. The number of benzene rings is 1. The molecule has 0 spiro atoms. The topological polar surface area (TPSA) is 55.8 Å². The summed E-state index contributed by atoms with van der Waals surface area (Å²) in [5.41, 5.74) is 0.596. The van der Waals surface area contributed by atoms with E-state index in [-0.39, 0.29) is 10.7 Å². The number of hydrogen-bond acceptors (Lipinski definition) is 4. The first-order valence-electron chi connectivity index (χ1n) is 10.1. The molecule has 1 amide bonds. The van der Waals surface area contributed by atoms with Gasteiger partial charge in [0.1, 0.15) is 0 Å². The SMILES string of the molecule is CCCOc1ccc(C(=O)N2CC[S@@](=O)C(CC)(CC)C2)cc1OCCC. The van der Waals surface area contributed by atoms with E-state index in [4.69, 9.17) is 9.47 Å². The highest BCUT2D eigenvalue weighted by Gasteiger charge is 2.40. The fourth-order valence-corrected chi connectivity index (χ4v) is 5.12. The normalized spacial score (nSPS) is 19.0. The summed E-state index contributed by atoms with van der Waals surface area (Å²) in [7, 11) is -0.885. The highest BCUT2D eigenvalue weighted by molar-refractivity contribution is 7.86. The van der Waals surface area contributed by atoms with Gasteiger partial charge in [-0.25, -0.2) is 0 Å². The average molecular weight is 396 g/mol. The molecule has 27 heavy (non-hydrogen) atoms. The molecule has 5 nitrogen and oxygen atoms in total. The van der Waals surface area contributed by atoms with Crippen LogP contribution in [-0.4, -0.2) is 51.8 Å². The summed E-state index contributed by atoms with van der Waals surface area (Å²) < 4.78 is 23.8. The van der Waals surface area contributed by atoms with Crippen molar-refractivity contribution in [1.82, 2.24) is 4.90 Å². The van der Waals surface area contributed by atoms with Crippen LogP contribution in [0.4, 0.5) is 0 Å². The lowest BCUT2D eigenvalue weighted by Gasteiger charge is -2.41. The Balaban J connectivity index is 2.23. The molecular formula is C21H33NO4S. The van der Waals surface area contributed by atoms with Crippen LogP contribution in [0.15, 0.2) is 18.2 Å². The lowest BCUT2D eigenvalue weighted by molar-refractivity contribution is 0.0735. The van der Waals surface area contributed by atoms with Gasteiger partial charge in [-0.05, 0) is 43.9 Å². The number of ether oxygens (including phenoxy) is 2. The zero-order chi connectivity index (χ0) is 19.9. The molecule has 1 fully saturated rings. The van der Waals surface area contributed by atoms with E-state index >= 15 is 0 Å². The second-order valence-corrected chi connectivity index (χ2v) is 8.99. The van der Waals surface area contributed by atoms with Gasteiger partial charge in [0.05, 0.1) is 18.0 Å². The van der Waals surface area contributed by atoms with Crippen molar-refractivity contribution < 1.29 is 18.5 Å². The average Bonchev–Trinajstić information content (AvgIpc) is 2.71. The Morgan fingerprint density at radius 3 is 2.30 bits per heavy atom. The third-order valence-corrected chi connectivity index (χ3v) is 7.42. The molecule has 2 rings (SSSR count). The van der Waals surface area contributed by atoms with Crippen LogP contribution in [-0.2, 0) is 10.8 Å². The third kappa shape index (κ3) is 5.03. The van der Waals surface area contributed by atoms with E-state index in [0.29, 0.717) is 49.1 Å². The molecule has 0 radical (unpaired) electrons. The van der Waals surface area contributed by atoms with Gasteiger partial charge in [0.25, 0.3) is 5.91 Å². The Kier molecular flexibility index (Phi) is 8.14. The van der Waals surface area contributed by atoms with Crippen LogP contribution in [0, 0.1) is 0 Å². The molecule has 1 aliphatic rings. The van der Waals surface area contributed by atoms with Crippen LogP contribution in [0.5, 0.6) is 11.5 Å². The van der Waals surface area contributed by atoms with Gasteiger partial charge in [-0.2, -0.15) is 0 Å². The maximum atomic E-state index is 13.1. The van der Waals surface area contributed by atoms with E-state index < -0.39 is 10.8 Å². The summed E-state index contributed by atoms with van der Waals surface area (Å²) in [4.78, 5) is 15.0. The molecule has 1 aromatic carbocycles. The third-order valence-electron chi connectivity index (χ3n) is 5.20. The second kappa shape index (κ2) is 10.1. The first-order valence-corrected chi connectivity index (χ1v) is 11.4. The molecule has 0 aromatic heterocycles. The maximum absolute atomic E-state index is 13.1. The van der Waals surface area contributed by atoms with Crippen LogP contribution in [0.25, 0.3) is 0 Å². The molecular weight excluding hydrogens is 362 g/mol. The van der Waals surface area contributed by atoms with Crippen molar-refractivity contribution in [3.05, 3.63) is 23.8 Å². The van der Waals surface area contributed by atoms with Crippen molar-refractivity contribution >= 4 is 16.7 Å². The van der Waals surface area contributed by atoms with E-state index in [1.165, 1.54) is 0 Å². The molecule has 0 N–H and O–H groups in total. The van der Waals surface area contributed by atoms with Crippen molar-refractivity contribution in [3.63, 3.8) is 0 Å². The van der Waals surface area contributed by atoms with E-state index in [1.54, 1.807) is 12.1 Å². The van der Waals surface area contributed by atoms with Crippen LogP contribution >= 0.6 is 0 Å². The molecule has 1 aliphatic heterocycles. The largest absolute Gasteiger partial charge is 0.490 e. The van der Waals surface area contributed by atoms with E-state index in [0.717, 1.165) is 25.7 Å². The fraction of sp³-hybridized carbons (Fsp3) is 0.667. The number of carbonyl (C=O) groups excluding carboxylic acids is 1. The summed E-state index contributed by atoms with van der Waals surface area (Å²) >= 11 is 0. The van der Waals surface area contributed by atoms with Crippen molar-refractivity contribution in [1.29, 1.82) is 0 Å². The number of nitrogens with zero attached hydrogens (tertiary/aromatic N) is 1. The van der Waals surface area contributed by atoms with E-state index in [9.17, 15) is 9.00 Å². The van der Waals surface area contributed by atoms with Gasteiger partial charge in [-0.15, -0.1) is 0 Å². The molecule has 1 aromatic rings. The highest BCUT2D eigenvalue weighted by Crippen LogP contribution is 2.32. The van der Waals surface area contributed by atoms with Crippen molar-refractivity contribution in [2.24, 2.45) is 0 Å². The molecule has 1 heterocycles. The lowest BCUT2D eigenvalue weighted by Crippen LogP contribution is -2.54. The van der Waals surface area contributed by atoms with Gasteiger partial charge >= 0.3 is 0 Å². The van der Waals surface area contributed by atoms with Crippen molar-refractivity contribution in [2.45, 2.75) is 58.1 Å². The van der Waals surface area contributed by atoms with Gasteiger partial charge in [0.15, 0.2) is 11.5 Å². The summed E-state index contributed by atoms with van der Waals surface area (Å²) in [5.74, 6) is 1.82. The predicted octanol–water partition coefficient (Wildman–Crippen LogP) is 4.03. The molecule has 1 atom stereocenters. The summed E-state index contributed by atoms with van der Waals surface area (Å²) in [6.45, 7) is 10.5. The Hall–Kier alpha value is -1.56. The first-order chi connectivity index (χ1) is 13.0. The number of amides is 1. The van der Waals surface area contributed by atoms with Crippen LogP contribution in [0.1, 0.15) is 63.7 Å². The Labute approximate surface area is 165 Å². The van der Waals surface area contributed by atoms with Crippen molar-refractivity contribution in [2.75, 3.05) is 32.1 Å². The second-order valence-electron chi connectivity index (χ2n) is 7.02. The number of rotatable bonds is 9. The van der Waals surface area contributed by atoms with Crippen LogP contribution < -0.4 is 9.47 Å². The molecule has 0 bridgehead atoms. The Morgan fingerprint density at radius 2 is 1.70 bits per heavy atom. The minimum Gasteiger partial charge on any atom is -0.490 e. The lowest BCUT2D eigenvalue weighted by atomic mass is 10.0. The molecule has 152 valence electrons. The first kappa shape index (κ1) is 21.7. The highest BCUT2D eigenvalue weighted by atomic mass is 32.2. The standard InChI is InChI=1S/C21H33NO4S/c1-5-12-25-18-10-9-17(15-19(18)26-13-6-2)20(23)22-11-14-27(24)21(7-3,8-4)16-22/h9-10,15H,5-8,11-14,16H2,1-4H3/t27-/m1/s1. The van der Waals surface area contributed by atoms with Gasteiger partial charge in [-0.1, -0.05) is 27.7 Å². The van der Waals surface area contributed by atoms with Crippen molar-refractivity contribution in [3.8, 4) is 11.5 Å². The summed E-state index contributed by atoms with van der Waals surface area (Å²) in [6, 6.07) is 5.41. The minimum absolute atomic E-state index is 0.0265. The maximum Gasteiger partial charge on any atom is 0.254 e. The van der Waals surface area contributed by atoms with Crippen LogP contribution in [0.2, 0.25) is 0 Å². The van der Waals surface area contributed by atoms with Gasteiger partial charge in [-0.3, -0.25) is 9.00 Å². The number of carbonyl (C=O) groups is 1. The van der Waals surface area contributed by atoms with Gasteiger partial charge in [0, 0.05) is 35.2 Å². The van der Waals surface area contributed by atoms with Crippen LogP contribution in [0.3, 0.4) is 0 Å². The molecule has 0 saturated carbocycles. The minimum atomic E-state index is -0.885. The Bertz CT molecular complexity index is 658. The van der Waals surface area contributed by atoms with E-state index in [1.807, 2.05) is 17.9 Å². The zero-order valence-electron chi connectivity index (χ0n) is 17.1. The zero-order valence-corrected chi connectivity index (χ0v) is 17.9. The predicted molar refractivity (Wildman–Crippen MR) is 110 cm³/mol. The monoisotopic (exact) mass is 395 g/mol. The van der Waals surface area contributed by atoms with Gasteiger partial charge in [0.2, 0.25) is 0 Å². The fourth-order valence-electron chi connectivity index (χ4n) is 3.36. The van der Waals surface area contributed by atoms with Gasteiger partial charge < -0.3 is 14.4 Å². The summed E-state index contributed by atoms with van der Waals surface area (Å²) in [5, 5.41) is 0. The molecule has 0 aliphatic carbocycles. The quantitative estimate of drug-likeness (QED) is 0.633. The molecule has 1 saturated heterocycles. The van der Waals surface area contributed by atoms with E-state index in [2.05, 4.69) is 20.8 Å². The smallest absolute Gasteiger partial charge is 0.254 e. The summed E-state index contributed by atoms with van der Waals surface area (Å²) in [6.07, 6.45) is 3.43.